The maximum atomic E-state index is 12.2. The zero-order chi connectivity index (χ0) is 15.5. The summed E-state index contributed by atoms with van der Waals surface area (Å²) in [6.07, 6.45) is -1.14. The molecular weight excluding hydrogens is 286 g/mol. The van der Waals surface area contributed by atoms with Crippen molar-refractivity contribution in [2.75, 3.05) is 10.6 Å². The number of aromatic amines is 1. The number of carbonyl (C=O) groups excluding carboxylic acids is 1. The highest BCUT2D eigenvalue weighted by atomic mass is 16.4. The van der Waals surface area contributed by atoms with E-state index >= 15 is 0 Å². The normalized spacial score (nSPS) is 10.4. The van der Waals surface area contributed by atoms with Gasteiger partial charge in [0.15, 0.2) is 0 Å². The number of carbonyl (C=O) groups is 2. The van der Waals surface area contributed by atoms with E-state index in [1.54, 1.807) is 42.5 Å². The summed E-state index contributed by atoms with van der Waals surface area (Å²) in [6.45, 7) is 0. The van der Waals surface area contributed by atoms with Crippen LogP contribution in [-0.2, 0) is 0 Å². The molecule has 8 heteroatoms. The Balaban J connectivity index is 1.74. The quantitative estimate of drug-likeness (QED) is 0.591. The Hall–Kier alpha value is -3.42. The summed E-state index contributed by atoms with van der Waals surface area (Å²) < 4.78 is 0. The van der Waals surface area contributed by atoms with Crippen molar-refractivity contribution in [2.45, 2.75) is 0 Å². The van der Waals surface area contributed by atoms with Gasteiger partial charge >= 0.3 is 6.09 Å². The van der Waals surface area contributed by atoms with Crippen molar-refractivity contribution in [2.24, 2.45) is 0 Å². The van der Waals surface area contributed by atoms with E-state index < -0.39 is 6.09 Å². The minimum atomic E-state index is -1.14. The molecular formula is C14H11N5O3. The van der Waals surface area contributed by atoms with Crippen LogP contribution in [0.25, 0.3) is 11.0 Å². The number of benzene rings is 2. The molecule has 0 saturated heterocycles. The molecule has 0 radical (unpaired) electrons. The number of hydrogen-bond acceptors (Lipinski definition) is 4. The van der Waals surface area contributed by atoms with Gasteiger partial charge in [0.2, 0.25) is 0 Å². The first-order valence-electron chi connectivity index (χ1n) is 6.34. The van der Waals surface area contributed by atoms with Crippen molar-refractivity contribution in [3.63, 3.8) is 0 Å². The zero-order valence-electron chi connectivity index (χ0n) is 11.2. The minimum Gasteiger partial charge on any atom is -0.465 e. The Kier molecular flexibility index (Phi) is 3.40. The van der Waals surface area contributed by atoms with Crippen LogP contribution in [0.15, 0.2) is 42.5 Å². The topological polar surface area (TPSA) is 120 Å². The molecule has 0 aliphatic heterocycles. The number of nitrogens with zero attached hydrogens (tertiary/aromatic N) is 2. The van der Waals surface area contributed by atoms with Gasteiger partial charge in [-0.05, 0) is 42.5 Å². The third-order valence-electron chi connectivity index (χ3n) is 2.97. The van der Waals surface area contributed by atoms with E-state index in [4.69, 9.17) is 5.11 Å². The smallest absolute Gasteiger partial charge is 0.409 e. The molecule has 0 aliphatic rings. The van der Waals surface area contributed by atoms with Crippen LogP contribution in [0.4, 0.5) is 16.2 Å². The minimum absolute atomic E-state index is 0.288. The van der Waals surface area contributed by atoms with Crippen LogP contribution in [0.3, 0.4) is 0 Å². The number of aromatic nitrogens is 3. The van der Waals surface area contributed by atoms with Gasteiger partial charge < -0.3 is 10.4 Å². The van der Waals surface area contributed by atoms with Gasteiger partial charge in [0.05, 0.1) is 0 Å². The second-order valence-electron chi connectivity index (χ2n) is 4.49. The van der Waals surface area contributed by atoms with Crippen LogP contribution < -0.4 is 10.6 Å². The second-order valence-corrected chi connectivity index (χ2v) is 4.49. The Morgan fingerprint density at radius 2 is 1.55 bits per heavy atom. The maximum absolute atomic E-state index is 12.2. The van der Waals surface area contributed by atoms with Crippen molar-refractivity contribution in [3.8, 4) is 0 Å². The predicted octanol–water partition coefficient (Wildman–Crippen LogP) is 2.30. The van der Waals surface area contributed by atoms with E-state index in [2.05, 4.69) is 26.0 Å². The molecule has 1 aromatic heterocycles. The first-order valence-corrected chi connectivity index (χ1v) is 6.34. The molecule has 0 atom stereocenters. The summed E-state index contributed by atoms with van der Waals surface area (Å²) in [4.78, 5) is 22.7. The van der Waals surface area contributed by atoms with Crippen molar-refractivity contribution < 1.29 is 14.7 Å². The first kappa shape index (κ1) is 13.6. The van der Waals surface area contributed by atoms with Crippen LogP contribution in [0.2, 0.25) is 0 Å². The highest BCUT2D eigenvalue weighted by molar-refractivity contribution is 6.05. The van der Waals surface area contributed by atoms with Crippen molar-refractivity contribution in [3.05, 3.63) is 48.0 Å². The number of carboxylic acid groups (broad SMARTS) is 1. The fraction of sp³-hybridized carbons (Fsp3) is 0. The zero-order valence-corrected chi connectivity index (χ0v) is 11.2. The van der Waals surface area contributed by atoms with Crippen LogP contribution in [0.5, 0.6) is 0 Å². The van der Waals surface area contributed by atoms with Gasteiger partial charge in [-0.3, -0.25) is 10.1 Å². The van der Waals surface area contributed by atoms with Crippen LogP contribution in [0.1, 0.15) is 10.4 Å². The van der Waals surface area contributed by atoms with Gasteiger partial charge in [0.25, 0.3) is 5.91 Å². The lowest BCUT2D eigenvalue weighted by molar-refractivity contribution is 0.102. The molecule has 0 spiro atoms. The van der Waals surface area contributed by atoms with Gasteiger partial charge in [-0.25, -0.2) is 4.79 Å². The molecule has 0 aliphatic carbocycles. The van der Waals surface area contributed by atoms with E-state index in [0.717, 1.165) is 0 Å². The summed E-state index contributed by atoms with van der Waals surface area (Å²) in [6, 6.07) is 11.3. The highest BCUT2D eigenvalue weighted by Gasteiger charge is 2.08. The van der Waals surface area contributed by atoms with Crippen molar-refractivity contribution in [1.29, 1.82) is 0 Å². The number of hydrogen-bond donors (Lipinski definition) is 4. The molecule has 3 aromatic rings. The highest BCUT2D eigenvalue weighted by Crippen LogP contribution is 2.16. The van der Waals surface area contributed by atoms with Crippen LogP contribution in [-0.4, -0.2) is 32.5 Å². The van der Waals surface area contributed by atoms with Crippen LogP contribution in [0, 0.1) is 0 Å². The fourth-order valence-corrected chi connectivity index (χ4v) is 1.95. The second kappa shape index (κ2) is 5.52. The Morgan fingerprint density at radius 1 is 0.909 bits per heavy atom. The molecule has 4 N–H and O–H groups in total. The molecule has 0 fully saturated rings. The lowest BCUT2D eigenvalue weighted by Gasteiger charge is -2.06. The number of rotatable bonds is 3. The molecule has 0 unspecified atom stereocenters. The fourth-order valence-electron chi connectivity index (χ4n) is 1.95. The molecule has 1 heterocycles. The monoisotopic (exact) mass is 297 g/mol. The van der Waals surface area contributed by atoms with Gasteiger partial charge in [0, 0.05) is 16.9 Å². The molecule has 8 nitrogen and oxygen atoms in total. The van der Waals surface area contributed by atoms with Gasteiger partial charge in [-0.1, -0.05) is 0 Å². The van der Waals surface area contributed by atoms with Gasteiger partial charge in [-0.15, -0.1) is 0 Å². The van der Waals surface area contributed by atoms with Crippen LogP contribution >= 0.6 is 0 Å². The molecule has 0 saturated carbocycles. The number of fused-ring (bicyclic) bond motifs is 1. The SMILES string of the molecule is O=C(O)Nc1ccc(NC(=O)c2ccc3n[nH]nc3c2)cc1. The lowest BCUT2D eigenvalue weighted by Crippen LogP contribution is -2.12. The molecule has 3 rings (SSSR count). The molecule has 0 bridgehead atoms. The van der Waals surface area contributed by atoms with Crippen molar-refractivity contribution >= 4 is 34.4 Å². The molecule has 110 valence electrons. The number of nitrogens with one attached hydrogen (secondary N) is 3. The maximum Gasteiger partial charge on any atom is 0.409 e. The van der Waals surface area contributed by atoms with Crippen molar-refractivity contribution in [1.82, 2.24) is 15.4 Å². The van der Waals surface area contributed by atoms with E-state index in [9.17, 15) is 9.59 Å². The van der Waals surface area contributed by atoms with E-state index in [-0.39, 0.29) is 5.91 Å². The Morgan fingerprint density at radius 3 is 2.23 bits per heavy atom. The summed E-state index contributed by atoms with van der Waals surface area (Å²) >= 11 is 0. The molecule has 2 amide bonds. The standard InChI is InChI=1S/C14H11N5O3/c20-13(8-1-6-11-12(7-8)18-19-17-11)15-9-2-4-10(5-3-9)16-14(21)22/h1-7,16H,(H,15,20)(H,21,22)(H,17,18,19). The number of anilines is 2. The largest absolute Gasteiger partial charge is 0.465 e. The summed E-state index contributed by atoms with van der Waals surface area (Å²) in [5.74, 6) is -0.288. The van der Waals surface area contributed by atoms with Gasteiger partial charge in [0.1, 0.15) is 11.0 Å². The average molecular weight is 297 g/mol. The lowest BCUT2D eigenvalue weighted by atomic mass is 10.2. The third-order valence-corrected chi connectivity index (χ3v) is 2.97. The summed E-state index contributed by atoms with van der Waals surface area (Å²) in [7, 11) is 0. The number of amides is 2. The summed E-state index contributed by atoms with van der Waals surface area (Å²) in [5, 5.41) is 23.9. The van der Waals surface area contributed by atoms with E-state index in [1.165, 1.54) is 0 Å². The van der Waals surface area contributed by atoms with Gasteiger partial charge in [-0.2, -0.15) is 15.4 Å². The molecule has 22 heavy (non-hydrogen) atoms. The first-order chi connectivity index (χ1) is 10.6. The molecule has 2 aromatic carbocycles. The number of H-pyrrole nitrogens is 1. The van der Waals surface area contributed by atoms with E-state index in [0.29, 0.717) is 28.0 Å². The van der Waals surface area contributed by atoms with E-state index in [1.807, 2.05) is 0 Å². The third kappa shape index (κ3) is 2.85. The predicted molar refractivity (Wildman–Crippen MR) is 79.9 cm³/mol. The Bertz CT molecular complexity index is 841. The Labute approximate surface area is 124 Å². The summed E-state index contributed by atoms with van der Waals surface area (Å²) in [5.41, 5.74) is 2.72. The average Bonchev–Trinajstić information content (AvgIpc) is 2.96.